The number of rotatable bonds is 49. The maximum absolute atomic E-state index is 12.0. The topological polar surface area (TPSA) is 406 Å². The van der Waals surface area contributed by atoms with E-state index in [1.165, 1.54) is 30.4 Å². The number of amides is 1. The Kier molecular flexibility index (Phi) is 45.5. The molecular weight excluding hydrogens is 1230 g/mol. The summed E-state index contributed by atoms with van der Waals surface area (Å²) in [5.74, 6) is -1.67. The second-order valence-corrected chi connectivity index (χ2v) is 25.9. The normalized spacial score (nSPS) is 24.0. The summed E-state index contributed by atoms with van der Waals surface area (Å²) in [5.41, 5.74) is 5.42. The van der Waals surface area contributed by atoms with Gasteiger partial charge in [0.2, 0.25) is 5.91 Å². The summed E-state index contributed by atoms with van der Waals surface area (Å²) in [4.78, 5) is 23.6. The highest BCUT2D eigenvalue weighted by Gasteiger charge is 2.44. The van der Waals surface area contributed by atoms with Crippen molar-refractivity contribution in [2.24, 2.45) is 29.4 Å². The first kappa shape index (κ1) is 86.9. The number of nitrogens with two attached hydrogens (primary N) is 1. The molecule has 19 N–H and O–H groups in total. The van der Waals surface area contributed by atoms with Crippen LogP contribution in [0.5, 0.6) is 0 Å². The molecule has 0 saturated carbocycles. The van der Waals surface area contributed by atoms with Gasteiger partial charge in [0.15, 0.2) is 12.1 Å². The zero-order chi connectivity index (χ0) is 71.5. The molecule has 96 heavy (non-hydrogen) atoms. The summed E-state index contributed by atoms with van der Waals surface area (Å²) >= 11 is 0. The van der Waals surface area contributed by atoms with Crippen molar-refractivity contribution < 1.29 is 95.7 Å². The third-order valence-corrected chi connectivity index (χ3v) is 16.6. The van der Waals surface area contributed by atoms with Crippen LogP contribution in [0.3, 0.4) is 0 Å². The third-order valence-electron chi connectivity index (χ3n) is 16.6. The van der Waals surface area contributed by atoms with Crippen molar-refractivity contribution in [1.29, 1.82) is 0 Å². The van der Waals surface area contributed by atoms with E-state index in [0.717, 1.165) is 12.8 Å². The molecule has 0 spiro atoms. The number of Topliss-reactive ketones (excluding diaryl/α,β-unsaturated/α-hetero) is 1. The number of unbranched alkanes of at least 4 members (excludes halogenated alkanes) is 1. The van der Waals surface area contributed by atoms with E-state index in [1.54, 1.807) is 62.5 Å². The third kappa shape index (κ3) is 38.3. The molecule has 1 aliphatic heterocycles. The quantitative estimate of drug-likeness (QED) is 0.0164. The minimum atomic E-state index is -1.56. The standard InChI is InChI=1S/C74H119N3O19/c1-49(2)48-76-63(47-62(86)46-61(85)44-57(81)33-27-32-56(80)43-60(84)45-59(83)42-55(79)31-26-30-54(78)41-58(82)34-28-40-75)51(4)67(96-74-73(94)72(93)71(92)53(6)95-74)36-24-20-16-12-9-11-15-19-23-35-64(87)52(5)70(91)50(3)29-22-18-14-10-7-8-13-17-21-25-37-68(90)77-69-65(88)38-39-66(69)89/h7-13,15-17,19-27,29,31,33,35,37,49-64,67,70-74,76,78-88,91-94H,14,18,28,30,32,34,36,38-48,75H2,1-6H3,(H,77,90)/b10-7+,11-9+,13-8+,16-12+,19-15+,21-17+,24-20+,29-22+,31-26+,33-27+,35-23+,37-25+. The number of ether oxygens (including phenoxy) is 2. The van der Waals surface area contributed by atoms with Gasteiger partial charge in [-0.1, -0.05) is 174 Å². The van der Waals surface area contributed by atoms with Gasteiger partial charge in [-0.25, -0.2) is 0 Å². The fourth-order valence-corrected chi connectivity index (χ4v) is 10.8. The second-order valence-electron chi connectivity index (χ2n) is 25.9. The van der Waals surface area contributed by atoms with Crippen molar-refractivity contribution in [3.05, 3.63) is 157 Å². The number of hydrogen-bond donors (Lipinski definition) is 18. The minimum absolute atomic E-state index is 0.0372. The summed E-state index contributed by atoms with van der Waals surface area (Å²) in [5, 5.41) is 164. The van der Waals surface area contributed by atoms with Crippen molar-refractivity contribution in [1.82, 2.24) is 10.6 Å². The highest BCUT2D eigenvalue weighted by molar-refractivity contribution is 6.03. The maximum atomic E-state index is 12.0. The highest BCUT2D eigenvalue weighted by atomic mass is 16.7. The highest BCUT2D eigenvalue weighted by Crippen LogP contribution is 2.29. The Morgan fingerprint density at radius 1 is 0.562 bits per heavy atom. The Morgan fingerprint density at radius 2 is 1.07 bits per heavy atom. The van der Waals surface area contributed by atoms with Gasteiger partial charge in [0.25, 0.3) is 0 Å². The smallest absolute Gasteiger partial charge is 0.248 e. The molecule has 544 valence electrons. The van der Waals surface area contributed by atoms with Gasteiger partial charge < -0.3 is 102 Å². The van der Waals surface area contributed by atoms with Crippen LogP contribution in [0, 0.1) is 23.7 Å². The lowest BCUT2D eigenvalue weighted by molar-refractivity contribution is -0.307. The van der Waals surface area contributed by atoms with Gasteiger partial charge in [0.1, 0.15) is 29.8 Å². The summed E-state index contributed by atoms with van der Waals surface area (Å²) < 4.78 is 12.3. The maximum Gasteiger partial charge on any atom is 0.248 e. The molecular formula is C74H119N3O19. The first-order valence-electron chi connectivity index (χ1n) is 34.2. The van der Waals surface area contributed by atoms with Crippen molar-refractivity contribution >= 4 is 11.7 Å². The lowest BCUT2D eigenvalue weighted by atomic mass is 9.87. The largest absolute Gasteiger partial charge is 0.510 e. The number of aliphatic hydroxyl groups is 15. The Hall–Kier alpha value is -5.16. The van der Waals surface area contributed by atoms with Gasteiger partial charge in [0.05, 0.1) is 79.4 Å². The molecule has 0 aromatic rings. The van der Waals surface area contributed by atoms with Crippen molar-refractivity contribution in [2.75, 3.05) is 13.1 Å². The molecule has 2 aliphatic rings. The van der Waals surface area contributed by atoms with Crippen LogP contribution in [0.2, 0.25) is 0 Å². The molecule has 0 aromatic heterocycles. The van der Waals surface area contributed by atoms with Crippen LogP contribution in [0.25, 0.3) is 0 Å². The van der Waals surface area contributed by atoms with Gasteiger partial charge in [-0.15, -0.1) is 0 Å². The number of aliphatic hydroxyl groups excluding tert-OH is 15. The van der Waals surface area contributed by atoms with Crippen LogP contribution < -0.4 is 16.4 Å². The molecule has 1 saturated heterocycles. The molecule has 0 aromatic carbocycles. The number of ketones is 1. The van der Waals surface area contributed by atoms with E-state index in [4.69, 9.17) is 15.2 Å². The lowest BCUT2D eigenvalue weighted by Crippen LogP contribution is -2.58. The van der Waals surface area contributed by atoms with E-state index >= 15 is 0 Å². The number of carbonyl (C=O) groups excluding carboxylic acids is 2. The monoisotopic (exact) mass is 1350 g/mol. The average Bonchev–Trinajstić information content (AvgIpc) is 0.968. The fourth-order valence-electron chi connectivity index (χ4n) is 10.8. The second kappa shape index (κ2) is 50.2. The summed E-state index contributed by atoms with van der Waals surface area (Å²) in [6.45, 7) is 12.3. The molecule has 22 heteroatoms. The van der Waals surface area contributed by atoms with Gasteiger partial charge in [-0.05, 0) is 109 Å². The van der Waals surface area contributed by atoms with Gasteiger partial charge in [-0.2, -0.15) is 0 Å². The van der Waals surface area contributed by atoms with Crippen LogP contribution in [0.4, 0.5) is 0 Å². The SMILES string of the molecule is CC(C)CNC(CC(O)CC(O)CC(O)/C=C/CC(O)CC(O)CC(O)CC(O)/C=C/CC(O)CC(O)CCCN)C(C)C(C/C=C/C=C/C=C/C=C/C=C/C(O)C(C)C(O)C(C)/C=C/CC/C=C/C=C/C=C/C=C/C(=O)NC1=C(O)CCC1=O)OC1OC(C)C(O)C(O)C1O. The van der Waals surface area contributed by atoms with Crippen LogP contribution in [0.15, 0.2) is 157 Å². The van der Waals surface area contributed by atoms with E-state index in [-0.39, 0.29) is 106 Å². The molecule has 0 bridgehead atoms. The Labute approximate surface area is 569 Å². The molecule has 1 heterocycles. The molecule has 1 fully saturated rings. The van der Waals surface area contributed by atoms with E-state index < -0.39 is 122 Å². The first-order valence-corrected chi connectivity index (χ1v) is 34.2. The van der Waals surface area contributed by atoms with Crippen LogP contribution in [-0.4, -0.2) is 211 Å². The summed E-state index contributed by atoms with van der Waals surface area (Å²) in [6.07, 6.45) is 27.1. The molecule has 21 unspecified atom stereocenters. The minimum Gasteiger partial charge on any atom is -0.510 e. The molecule has 2 rings (SSSR count). The van der Waals surface area contributed by atoms with E-state index in [0.29, 0.717) is 32.4 Å². The zero-order valence-corrected chi connectivity index (χ0v) is 57.2. The van der Waals surface area contributed by atoms with Gasteiger partial charge in [0, 0.05) is 49.6 Å². The van der Waals surface area contributed by atoms with Crippen molar-refractivity contribution in [2.45, 2.75) is 254 Å². The molecule has 1 aliphatic carbocycles. The van der Waals surface area contributed by atoms with Crippen LogP contribution in [0.1, 0.15) is 144 Å². The Balaban J connectivity index is 1.92. The predicted octanol–water partition coefficient (Wildman–Crippen LogP) is 5.03. The lowest BCUT2D eigenvalue weighted by Gasteiger charge is -2.42. The summed E-state index contributed by atoms with van der Waals surface area (Å²) in [7, 11) is 0. The number of hydrogen-bond acceptors (Lipinski definition) is 21. The summed E-state index contributed by atoms with van der Waals surface area (Å²) in [6, 6.07) is -0.403. The Bertz CT molecular complexity index is 2560. The van der Waals surface area contributed by atoms with Gasteiger partial charge in [-0.3, -0.25) is 9.59 Å². The van der Waals surface area contributed by atoms with Gasteiger partial charge >= 0.3 is 0 Å². The predicted molar refractivity (Wildman–Crippen MR) is 373 cm³/mol. The van der Waals surface area contributed by atoms with Crippen molar-refractivity contribution in [3.63, 3.8) is 0 Å². The molecule has 21 atom stereocenters. The fraction of sp³-hybridized carbons (Fsp3) is 0.622. The van der Waals surface area contributed by atoms with Crippen molar-refractivity contribution in [3.8, 4) is 0 Å². The molecule has 22 nitrogen and oxygen atoms in total. The molecule has 1 amide bonds. The first-order chi connectivity index (χ1) is 45.6. The number of nitrogens with one attached hydrogen (secondary N) is 2. The average molecular weight is 1350 g/mol. The van der Waals surface area contributed by atoms with E-state index in [2.05, 4.69) is 10.6 Å². The molecule has 0 radical (unpaired) electrons. The van der Waals surface area contributed by atoms with Crippen LogP contribution in [-0.2, 0) is 19.1 Å². The number of carbonyl (C=O) groups is 2. The van der Waals surface area contributed by atoms with Crippen LogP contribution >= 0.6 is 0 Å². The van der Waals surface area contributed by atoms with E-state index in [9.17, 15) is 86.2 Å². The zero-order valence-electron chi connectivity index (χ0n) is 57.2. The van der Waals surface area contributed by atoms with E-state index in [1.807, 2.05) is 94.5 Å². The number of allylic oxidation sites excluding steroid dienone is 18. The Morgan fingerprint density at radius 3 is 1.64 bits per heavy atom.